The van der Waals surface area contributed by atoms with Gasteiger partial charge in [0.1, 0.15) is 11.2 Å². The summed E-state index contributed by atoms with van der Waals surface area (Å²) in [6.45, 7) is 7.31. The number of fused-ring (bicyclic) bond motifs is 3. The standard InChI is InChI=1S/C39H34BN3O3/c1-38(2,44)39(3,4)46-40-29-23-31-30-17-11-12-18-33(30)45-34(31)32(24-29)37-42-35(27-15-9-6-10-16-27)41-36(43-37)28-21-19-26(20-22-28)25-13-7-5-8-14-25/h5-24,40,44H,1-4H3. The molecule has 0 aliphatic rings. The summed E-state index contributed by atoms with van der Waals surface area (Å²) in [4.78, 5) is 15.0. The van der Waals surface area contributed by atoms with Gasteiger partial charge in [0.05, 0.1) is 16.8 Å². The van der Waals surface area contributed by atoms with Crippen molar-refractivity contribution in [1.82, 2.24) is 15.0 Å². The molecular weight excluding hydrogens is 569 g/mol. The van der Waals surface area contributed by atoms with E-state index in [9.17, 15) is 5.11 Å². The van der Waals surface area contributed by atoms with Gasteiger partial charge in [0.25, 0.3) is 0 Å². The summed E-state index contributed by atoms with van der Waals surface area (Å²) in [7, 11) is 0.282. The lowest BCUT2D eigenvalue weighted by atomic mass is 9.81. The Labute approximate surface area is 269 Å². The SMILES string of the molecule is CC(C)(O)C(C)(C)OBc1cc(-c2nc(-c3ccccc3)nc(-c3ccc(-c4ccccc4)cc3)n2)c2oc3ccccc3c2c1. The molecule has 0 fully saturated rings. The molecule has 6 nitrogen and oxygen atoms in total. The first-order valence-corrected chi connectivity index (χ1v) is 15.4. The second-order valence-corrected chi connectivity index (χ2v) is 12.6. The van der Waals surface area contributed by atoms with Gasteiger partial charge in [-0.3, -0.25) is 0 Å². The highest BCUT2D eigenvalue weighted by Crippen LogP contribution is 2.35. The molecule has 0 amide bonds. The Kier molecular flexibility index (Phi) is 7.51. The molecule has 0 aliphatic carbocycles. The maximum atomic E-state index is 10.7. The minimum atomic E-state index is -1.04. The molecule has 0 aliphatic heterocycles. The average molecular weight is 604 g/mol. The van der Waals surface area contributed by atoms with E-state index in [2.05, 4.69) is 48.5 Å². The lowest BCUT2D eigenvalue weighted by Crippen LogP contribution is -2.49. The van der Waals surface area contributed by atoms with E-state index in [1.54, 1.807) is 13.8 Å². The molecule has 46 heavy (non-hydrogen) atoms. The van der Waals surface area contributed by atoms with E-state index in [1.807, 2.05) is 86.6 Å². The lowest BCUT2D eigenvalue weighted by molar-refractivity contribution is -0.0893. The normalized spacial score (nSPS) is 12.1. The predicted octanol–water partition coefficient (Wildman–Crippen LogP) is 7.98. The second kappa shape index (κ2) is 11.7. The first kappa shape index (κ1) is 29.6. The van der Waals surface area contributed by atoms with Crippen LogP contribution in [0.4, 0.5) is 0 Å². The van der Waals surface area contributed by atoms with Crippen molar-refractivity contribution in [3.05, 3.63) is 121 Å². The van der Waals surface area contributed by atoms with Crippen LogP contribution in [-0.4, -0.2) is 38.7 Å². The van der Waals surface area contributed by atoms with Crippen LogP contribution in [0.2, 0.25) is 0 Å². The molecule has 2 aromatic heterocycles. The van der Waals surface area contributed by atoms with Gasteiger partial charge in [-0.1, -0.05) is 121 Å². The van der Waals surface area contributed by atoms with Crippen LogP contribution in [0.15, 0.2) is 126 Å². The van der Waals surface area contributed by atoms with E-state index in [0.717, 1.165) is 49.6 Å². The highest BCUT2D eigenvalue weighted by Gasteiger charge is 2.35. The third-order valence-corrected chi connectivity index (χ3v) is 8.77. The number of para-hydroxylation sites is 1. The number of aromatic nitrogens is 3. The van der Waals surface area contributed by atoms with Gasteiger partial charge in [0.15, 0.2) is 17.5 Å². The van der Waals surface area contributed by atoms with Gasteiger partial charge in [0, 0.05) is 21.9 Å². The quantitative estimate of drug-likeness (QED) is 0.178. The Morgan fingerprint density at radius 2 is 1.11 bits per heavy atom. The average Bonchev–Trinajstić information content (AvgIpc) is 3.46. The van der Waals surface area contributed by atoms with Gasteiger partial charge in [0.2, 0.25) is 0 Å². The van der Waals surface area contributed by atoms with Crippen molar-refractivity contribution in [3.63, 3.8) is 0 Å². The predicted molar refractivity (Wildman–Crippen MR) is 187 cm³/mol. The Morgan fingerprint density at radius 1 is 0.587 bits per heavy atom. The van der Waals surface area contributed by atoms with Crippen LogP contribution in [0.3, 0.4) is 0 Å². The fourth-order valence-electron chi connectivity index (χ4n) is 5.36. The fraction of sp³-hybridized carbons (Fsp3) is 0.154. The summed E-state index contributed by atoms with van der Waals surface area (Å²) in [6, 6.07) is 40.6. The zero-order chi connectivity index (χ0) is 31.9. The van der Waals surface area contributed by atoms with Gasteiger partial charge < -0.3 is 14.2 Å². The zero-order valence-corrected chi connectivity index (χ0v) is 26.4. The highest BCUT2D eigenvalue weighted by molar-refractivity contribution is 6.48. The minimum absolute atomic E-state index is 0.282. The van der Waals surface area contributed by atoms with Gasteiger partial charge in [-0.05, 0) is 44.9 Å². The van der Waals surface area contributed by atoms with E-state index >= 15 is 0 Å². The maximum Gasteiger partial charge on any atom is 0.309 e. The smallest absolute Gasteiger partial charge is 0.309 e. The van der Waals surface area contributed by atoms with Crippen molar-refractivity contribution >= 4 is 34.9 Å². The molecule has 0 unspecified atom stereocenters. The molecule has 0 saturated carbocycles. The van der Waals surface area contributed by atoms with Crippen LogP contribution in [0.5, 0.6) is 0 Å². The summed E-state index contributed by atoms with van der Waals surface area (Å²) < 4.78 is 12.8. The largest absolute Gasteiger partial charge is 0.455 e. The third-order valence-electron chi connectivity index (χ3n) is 8.77. The van der Waals surface area contributed by atoms with Crippen LogP contribution >= 0.6 is 0 Å². The van der Waals surface area contributed by atoms with Crippen molar-refractivity contribution in [1.29, 1.82) is 0 Å². The molecular formula is C39H34BN3O3. The molecule has 5 aromatic carbocycles. The number of aliphatic hydroxyl groups is 1. The van der Waals surface area contributed by atoms with Crippen molar-refractivity contribution < 1.29 is 14.2 Å². The van der Waals surface area contributed by atoms with Crippen molar-refractivity contribution in [2.75, 3.05) is 0 Å². The van der Waals surface area contributed by atoms with Crippen LogP contribution < -0.4 is 5.46 Å². The second-order valence-electron chi connectivity index (χ2n) is 12.6. The topological polar surface area (TPSA) is 81.3 Å². The van der Waals surface area contributed by atoms with Crippen LogP contribution in [0, 0.1) is 0 Å². The number of benzene rings is 5. The molecule has 0 atom stereocenters. The van der Waals surface area contributed by atoms with Gasteiger partial charge >= 0.3 is 7.48 Å². The molecule has 0 spiro atoms. The Hall–Kier alpha value is -5.11. The molecule has 7 rings (SSSR count). The fourth-order valence-corrected chi connectivity index (χ4v) is 5.36. The Bertz CT molecular complexity index is 2150. The van der Waals surface area contributed by atoms with Gasteiger partial charge in [-0.25, -0.2) is 15.0 Å². The summed E-state index contributed by atoms with van der Waals surface area (Å²) in [6.07, 6.45) is 0. The molecule has 0 bridgehead atoms. The van der Waals surface area contributed by atoms with E-state index in [1.165, 1.54) is 0 Å². The van der Waals surface area contributed by atoms with Crippen molar-refractivity contribution in [2.24, 2.45) is 0 Å². The van der Waals surface area contributed by atoms with E-state index in [-0.39, 0.29) is 7.48 Å². The zero-order valence-electron chi connectivity index (χ0n) is 26.4. The summed E-state index contributed by atoms with van der Waals surface area (Å²) in [5, 5.41) is 12.7. The van der Waals surface area contributed by atoms with Crippen LogP contribution in [0.25, 0.3) is 67.2 Å². The molecule has 1 N–H and O–H groups in total. The number of hydrogen-bond donors (Lipinski definition) is 1. The molecule has 7 heteroatoms. The molecule has 2 heterocycles. The number of rotatable bonds is 8. The molecule has 226 valence electrons. The molecule has 0 saturated heterocycles. The van der Waals surface area contributed by atoms with Crippen molar-refractivity contribution in [2.45, 2.75) is 38.9 Å². The lowest BCUT2D eigenvalue weighted by Gasteiger charge is -2.37. The first-order chi connectivity index (χ1) is 22.2. The monoisotopic (exact) mass is 603 g/mol. The maximum absolute atomic E-state index is 10.7. The number of nitrogens with zero attached hydrogens (tertiary/aromatic N) is 3. The molecule has 0 radical (unpaired) electrons. The number of furan rings is 1. The van der Waals surface area contributed by atoms with E-state index in [4.69, 9.17) is 24.0 Å². The highest BCUT2D eigenvalue weighted by atomic mass is 16.5. The van der Waals surface area contributed by atoms with Gasteiger partial charge in [-0.2, -0.15) is 0 Å². The van der Waals surface area contributed by atoms with E-state index < -0.39 is 11.2 Å². The first-order valence-electron chi connectivity index (χ1n) is 15.4. The third kappa shape index (κ3) is 5.71. The van der Waals surface area contributed by atoms with Crippen LogP contribution in [-0.2, 0) is 4.65 Å². The molecule has 7 aromatic rings. The Morgan fingerprint density at radius 3 is 1.76 bits per heavy atom. The minimum Gasteiger partial charge on any atom is -0.455 e. The Balaban J connectivity index is 1.40. The van der Waals surface area contributed by atoms with Crippen LogP contribution in [0.1, 0.15) is 27.7 Å². The van der Waals surface area contributed by atoms with Gasteiger partial charge in [-0.15, -0.1) is 0 Å². The number of hydrogen-bond acceptors (Lipinski definition) is 6. The summed E-state index contributed by atoms with van der Waals surface area (Å²) in [5.74, 6) is 1.64. The van der Waals surface area contributed by atoms with Crippen molar-refractivity contribution in [3.8, 4) is 45.3 Å². The summed E-state index contributed by atoms with van der Waals surface area (Å²) >= 11 is 0. The van der Waals surface area contributed by atoms with E-state index in [0.29, 0.717) is 23.1 Å². The summed E-state index contributed by atoms with van der Waals surface area (Å²) in [5.41, 5.74) is 5.36.